The minimum absolute atomic E-state index is 0.135. The van der Waals surface area contributed by atoms with Crippen molar-refractivity contribution in [3.8, 4) is 0 Å². The number of amides is 1. The Labute approximate surface area is 120 Å². The molecular formula is C14H23N5O. The maximum Gasteiger partial charge on any atom is 0.244 e. The van der Waals surface area contributed by atoms with E-state index in [0.29, 0.717) is 5.82 Å². The van der Waals surface area contributed by atoms with Gasteiger partial charge in [0.15, 0.2) is 0 Å². The third-order valence-corrected chi connectivity index (χ3v) is 3.34. The minimum Gasteiger partial charge on any atom is -0.369 e. The van der Waals surface area contributed by atoms with Gasteiger partial charge in [-0.25, -0.2) is 4.98 Å². The van der Waals surface area contributed by atoms with Gasteiger partial charge in [-0.15, -0.1) is 0 Å². The summed E-state index contributed by atoms with van der Waals surface area (Å²) >= 11 is 0. The first-order valence-corrected chi connectivity index (χ1v) is 7.32. The number of hydrogen-bond acceptors (Lipinski definition) is 5. The third kappa shape index (κ3) is 3.82. The highest BCUT2D eigenvalue weighted by atomic mass is 16.2. The lowest BCUT2D eigenvalue weighted by molar-refractivity contribution is -0.130. The molecule has 6 heteroatoms. The van der Waals surface area contributed by atoms with Gasteiger partial charge in [-0.2, -0.15) is 0 Å². The van der Waals surface area contributed by atoms with E-state index >= 15 is 0 Å². The summed E-state index contributed by atoms with van der Waals surface area (Å²) in [5.74, 6) is 1.50. The average Bonchev–Trinajstić information content (AvgIpc) is 2.98. The zero-order valence-electron chi connectivity index (χ0n) is 12.2. The van der Waals surface area contributed by atoms with Gasteiger partial charge in [0.1, 0.15) is 17.7 Å². The SMILES string of the molecule is CCCNc1cncc(NC(C)C(=O)N2CCCC2)n1. The van der Waals surface area contributed by atoms with Gasteiger partial charge < -0.3 is 15.5 Å². The van der Waals surface area contributed by atoms with Crippen molar-refractivity contribution in [2.24, 2.45) is 0 Å². The molecule has 0 saturated carbocycles. The Bertz CT molecular complexity index is 445. The van der Waals surface area contributed by atoms with Crippen LogP contribution in [-0.4, -0.2) is 46.5 Å². The second kappa shape index (κ2) is 7.07. The highest BCUT2D eigenvalue weighted by Crippen LogP contribution is 2.12. The molecule has 2 N–H and O–H groups in total. The van der Waals surface area contributed by atoms with Crippen LogP contribution < -0.4 is 10.6 Å². The molecule has 0 spiro atoms. The van der Waals surface area contributed by atoms with Crippen LogP contribution in [0.3, 0.4) is 0 Å². The largest absolute Gasteiger partial charge is 0.369 e. The summed E-state index contributed by atoms with van der Waals surface area (Å²) in [6.45, 7) is 6.57. The Morgan fingerprint density at radius 2 is 2.05 bits per heavy atom. The molecular weight excluding hydrogens is 254 g/mol. The van der Waals surface area contributed by atoms with Crippen molar-refractivity contribution in [2.45, 2.75) is 39.2 Å². The average molecular weight is 277 g/mol. The zero-order valence-corrected chi connectivity index (χ0v) is 12.2. The fourth-order valence-electron chi connectivity index (χ4n) is 2.27. The molecule has 1 amide bonds. The van der Waals surface area contributed by atoms with Gasteiger partial charge in [0.2, 0.25) is 5.91 Å². The summed E-state index contributed by atoms with van der Waals surface area (Å²) in [6.07, 6.45) is 6.57. The van der Waals surface area contributed by atoms with E-state index in [9.17, 15) is 4.79 Å². The number of carbonyl (C=O) groups excluding carboxylic acids is 1. The van der Waals surface area contributed by atoms with Crippen LogP contribution in [0.5, 0.6) is 0 Å². The van der Waals surface area contributed by atoms with Crippen molar-refractivity contribution in [2.75, 3.05) is 30.3 Å². The van der Waals surface area contributed by atoms with Crippen LogP contribution in [0.15, 0.2) is 12.4 Å². The topological polar surface area (TPSA) is 70.2 Å². The monoisotopic (exact) mass is 277 g/mol. The molecule has 0 aromatic carbocycles. The number of likely N-dealkylation sites (tertiary alicyclic amines) is 1. The van der Waals surface area contributed by atoms with Gasteiger partial charge >= 0.3 is 0 Å². The Morgan fingerprint density at radius 1 is 1.35 bits per heavy atom. The molecule has 1 aliphatic heterocycles. The lowest BCUT2D eigenvalue weighted by atomic mass is 10.3. The van der Waals surface area contributed by atoms with Crippen LogP contribution in [0.4, 0.5) is 11.6 Å². The smallest absolute Gasteiger partial charge is 0.244 e. The van der Waals surface area contributed by atoms with E-state index in [2.05, 4.69) is 27.5 Å². The number of hydrogen-bond donors (Lipinski definition) is 2. The van der Waals surface area contributed by atoms with Crippen molar-refractivity contribution in [1.82, 2.24) is 14.9 Å². The second-order valence-corrected chi connectivity index (χ2v) is 5.11. The maximum absolute atomic E-state index is 12.2. The van der Waals surface area contributed by atoms with Crippen LogP contribution in [0.1, 0.15) is 33.1 Å². The molecule has 20 heavy (non-hydrogen) atoms. The molecule has 6 nitrogen and oxygen atoms in total. The second-order valence-electron chi connectivity index (χ2n) is 5.11. The number of rotatable bonds is 6. The highest BCUT2D eigenvalue weighted by Gasteiger charge is 2.23. The normalized spacial score (nSPS) is 16.0. The predicted molar refractivity (Wildman–Crippen MR) is 79.7 cm³/mol. The summed E-state index contributed by atoms with van der Waals surface area (Å²) in [5, 5.41) is 6.31. The summed E-state index contributed by atoms with van der Waals surface area (Å²) in [4.78, 5) is 22.7. The number of nitrogens with one attached hydrogen (secondary N) is 2. The molecule has 110 valence electrons. The number of carbonyl (C=O) groups is 1. The van der Waals surface area contributed by atoms with Crippen molar-refractivity contribution >= 4 is 17.5 Å². The molecule has 1 aliphatic rings. The predicted octanol–water partition coefficient (Wildman–Crippen LogP) is 1.72. The van der Waals surface area contributed by atoms with Crippen LogP contribution in [0.2, 0.25) is 0 Å². The van der Waals surface area contributed by atoms with Crippen molar-refractivity contribution in [3.05, 3.63) is 12.4 Å². The van der Waals surface area contributed by atoms with E-state index in [1.807, 2.05) is 11.8 Å². The lowest BCUT2D eigenvalue weighted by Crippen LogP contribution is -2.39. The Balaban J connectivity index is 1.92. The Morgan fingerprint density at radius 3 is 2.75 bits per heavy atom. The maximum atomic E-state index is 12.2. The first-order chi connectivity index (χ1) is 9.70. The number of anilines is 2. The van der Waals surface area contributed by atoms with Crippen LogP contribution >= 0.6 is 0 Å². The first-order valence-electron chi connectivity index (χ1n) is 7.32. The van der Waals surface area contributed by atoms with Gasteiger partial charge in [0, 0.05) is 19.6 Å². The van der Waals surface area contributed by atoms with Crippen molar-refractivity contribution in [1.29, 1.82) is 0 Å². The molecule has 0 radical (unpaired) electrons. The van der Waals surface area contributed by atoms with Crippen molar-refractivity contribution in [3.63, 3.8) is 0 Å². The first kappa shape index (κ1) is 14.6. The van der Waals surface area contributed by atoms with E-state index in [0.717, 1.165) is 44.7 Å². The standard InChI is InChI=1S/C14H23N5O/c1-3-6-16-12-9-15-10-13(18-12)17-11(2)14(20)19-7-4-5-8-19/h9-11H,3-8H2,1-2H3,(H2,16,17,18). The van der Waals surface area contributed by atoms with Crippen molar-refractivity contribution < 1.29 is 4.79 Å². The molecule has 1 aromatic rings. The summed E-state index contributed by atoms with van der Waals surface area (Å²) in [7, 11) is 0. The molecule has 0 aliphatic carbocycles. The lowest BCUT2D eigenvalue weighted by Gasteiger charge is -2.21. The zero-order chi connectivity index (χ0) is 14.4. The summed E-state index contributed by atoms with van der Waals surface area (Å²) < 4.78 is 0. The highest BCUT2D eigenvalue weighted by molar-refractivity contribution is 5.84. The van der Waals surface area contributed by atoms with Gasteiger partial charge in [-0.3, -0.25) is 9.78 Å². The Kier molecular flexibility index (Phi) is 5.15. The van der Waals surface area contributed by atoms with Gasteiger partial charge in [0.25, 0.3) is 0 Å². The van der Waals surface area contributed by atoms with Crippen LogP contribution in [0.25, 0.3) is 0 Å². The summed E-state index contributed by atoms with van der Waals surface area (Å²) in [5.41, 5.74) is 0. The van der Waals surface area contributed by atoms with E-state index in [1.165, 1.54) is 0 Å². The molecule has 1 fully saturated rings. The molecule has 1 aromatic heterocycles. The number of nitrogens with zero attached hydrogens (tertiary/aromatic N) is 3. The molecule has 1 saturated heterocycles. The molecule has 2 rings (SSSR count). The third-order valence-electron chi connectivity index (χ3n) is 3.34. The molecule has 1 atom stereocenters. The quantitative estimate of drug-likeness (QED) is 0.828. The van der Waals surface area contributed by atoms with E-state index in [-0.39, 0.29) is 11.9 Å². The Hall–Kier alpha value is -1.85. The number of aromatic nitrogens is 2. The van der Waals surface area contributed by atoms with Crippen LogP contribution in [-0.2, 0) is 4.79 Å². The van der Waals surface area contributed by atoms with E-state index < -0.39 is 0 Å². The summed E-state index contributed by atoms with van der Waals surface area (Å²) in [6, 6.07) is -0.274. The van der Waals surface area contributed by atoms with E-state index in [1.54, 1.807) is 12.4 Å². The minimum atomic E-state index is -0.274. The van der Waals surface area contributed by atoms with Gasteiger partial charge in [0.05, 0.1) is 12.4 Å². The van der Waals surface area contributed by atoms with Crippen LogP contribution in [0, 0.1) is 0 Å². The van der Waals surface area contributed by atoms with E-state index in [4.69, 9.17) is 0 Å². The molecule has 2 heterocycles. The van der Waals surface area contributed by atoms with Gasteiger partial charge in [-0.05, 0) is 26.2 Å². The fourth-order valence-corrected chi connectivity index (χ4v) is 2.27. The van der Waals surface area contributed by atoms with Gasteiger partial charge in [-0.1, -0.05) is 6.92 Å². The fraction of sp³-hybridized carbons (Fsp3) is 0.643. The molecule has 1 unspecified atom stereocenters. The molecule has 0 bridgehead atoms.